The topological polar surface area (TPSA) is 44.1 Å². The summed E-state index contributed by atoms with van der Waals surface area (Å²) in [4.78, 5) is 14.9. The van der Waals surface area contributed by atoms with Crippen molar-refractivity contribution in [3.63, 3.8) is 0 Å². The first kappa shape index (κ1) is 15.9. The lowest BCUT2D eigenvalue weighted by Crippen LogP contribution is -2.31. The Labute approximate surface area is 148 Å². The van der Waals surface area contributed by atoms with Crippen LogP contribution in [-0.4, -0.2) is 23.9 Å². The van der Waals surface area contributed by atoms with Crippen LogP contribution in [0.3, 0.4) is 0 Å². The van der Waals surface area contributed by atoms with Gasteiger partial charge >= 0.3 is 0 Å². The molecule has 1 aliphatic heterocycles. The third-order valence-electron chi connectivity index (χ3n) is 5.88. The standard InChI is InChI=1S/C22H22N2O/c23-15-19-5-1-2-6-20(19)17-7-9-18(10-8-17)21(25)24-14-13-22(16-24)11-3-4-12-22/h1-2,5-10H,3-4,11-14,16H2. The highest BCUT2D eigenvalue weighted by Gasteiger charge is 2.41. The molecule has 0 bridgehead atoms. The smallest absolute Gasteiger partial charge is 0.253 e. The van der Waals surface area contributed by atoms with Gasteiger partial charge in [0.05, 0.1) is 11.6 Å². The fourth-order valence-electron chi connectivity index (χ4n) is 4.45. The van der Waals surface area contributed by atoms with Crippen LogP contribution in [0, 0.1) is 16.7 Å². The summed E-state index contributed by atoms with van der Waals surface area (Å²) in [5, 5.41) is 9.26. The number of carbonyl (C=O) groups excluding carboxylic acids is 1. The minimum absolute atomic E-state index is 0.142. The second kappa shape index (κ2) is 6.37. The summed E-state index contributed by atoms with van der Waals surface area (Å²) < 4.78 is 0. The molecular weight excluding hydrogens is 308 g/mol. The Hall–Kier alpha value is -2.60. The van der Waals surface area contributed by atoms with Crippen molar-refractivity contribution in [3.05, 3.63) is 59.7 Å². The minimum atomic E-state index is 0.142. The average Bonchev–Trinajstić information content (AvgIpc) is 3.31. The Morgan fingerprint density at radius 2 is 1.72 bits per heavy atom. The van der Waals surface area contributed by atoms with Gasteiger partial charge in [0.25, 0.3) is 5.91 Å². The molecule has 0 N–H and O–H groups in total. The number of rotatable bonds is 2. The highest BCUT2D eigenvalue weighted by Crippen LogP contribution is 2.45. The van der Waals surface area contributed by atoms with Crippen molar-refractivity contribution < 1.29 is 4.79 Å². The largest absolute Gasteiger partial charge is 0.338 e. The molecule has 25 heavy (non-hydrogen) atoms. The number of nitrogens with zero attached hydrogens (tertiary/aromatic N) is 2. The zero-order chi connectivity index (χ0) is 17.3. The van der Waals surface area contributed by atoms with Crippen LogP contribution in [-0.2, 0) is 0 Å². The first-order valence-corrected chi connectivity index (χ1v) is 9.10. The van der Waals surface area contributed by atoms with Crippen LogP contribution in [0.2, 0.25) is 0 Å². The molecule has 1 aliphatic carbocycles. The number of likely N-dealkylation sites (tertiary alicyclic amines) is 1. The monoisotopic (exact) mass is 330 g/mol. The van der Waals surface area contributed by atoms with E-state index in [0.717, 1.165) is 36.2 Å². The maximum absolute atomic E-state index is 12.8. The minimum Gasteiger partial charge on any atom is -0.338 e. The lowest BCUT2D eigenvalue weighted by atomic mass is 9.86. The summed E-state index contributed by atoms with van der Waals surface area (Å²) in [7, 11) is 0. The van der Waals surface area contributed by atoms with Crippen molar-refractivity contribution in [2.24, 2.45) is 5.41 Å². The molecule has 0 unspecified atom stereocenters. The molecule has 4 rings (SSSR count). The molecule has 0 radical (unpaired) electrons. The quantitative estimate of drug-likeness (QED) is 0.805. The van der Waals surface area contributed by atoms with Gasteiger partial charge in [0, 0.05) is 18.7 Å². The molecule has 2 aromatic rings. The van der Waals surface area contributed by atoms with Crippen molar-refractivity contribution in [2.75, 3.05) is 13.1 Å². The average molecular weight is 330 g/mol. The van der Waals surface area contributed by atoms with Crippen LogP contribution in [0.4, 0.5) is 0 Å². The van der Waals surface area contributed by atoms with Crippen LogP contribution >= 0.6 is 0 Å². The zero-order valence-electron chi connectivity index (χ0n) is 14.4. The molecule has 0 aromatic heterocycles. The predicted octanol–water partition coefficient (Wildman–Crippen LogP) is 4.63. The number of hydrogen-bond acceptors (Lipinski definition) is 2. The second-order valence-electron chi connectivity index (χ2n) is 7.42. The van der Waals surface area contributed by atoms with Crippen molar-refractivity contribution in [2.45, 2.75) is 32.1 Å². The van der Waals surface area contributed by atoms with Crippen LogP contribution in [0.1, 0.15) is 48.0 Å². The van der Waals surface area contributed by atoms with Gasteiger partial charge in [-0.25, -0.2) is 0 Å². The molecule has 2 fully saturated rings. The molecule has 2 aromatic carbocycles. The lowest BCUT2D eigenvalue weighted by Gasteiger charge is -2.23. The van der Waals surface area contributed by atoms with Crippen LogP contribution in [0.25, 0.3) is 11.1 Å². The Kier molecular flexibility index (Phi) is 4.05. The molecule has 1 saturated carbocycles. The first-order chi connectivity index (χ1) is 12.2. The number of amides is 1. The van der Waals surface area contributed by atoms with Gasteiger partial charge in [0.15, 0.2) is 0 Å². The van der Waals surface area contributed by atoms with E-state index in [2.05, 4.69) is 6.07 Å². The van der Waals surface area contributed by atoms with E-state index < -0.39 is 0 Å². The van der Waals surface area contributed by atoms with Crippen molar-refractivity contribution in [1.29, 1.82) is 5.26 Å². The van der Waals surface area contributed by atoms with Crippen LogP contribution in [0.5, 0.6) is 0 Å². The number of hydrogen-bond donors (Lipinski definition) is 0. The molecular formula is C22H22N2O. The summed E-state index contributed by atoms with van der Waals surface area (Å²) >= 11 is 0. The third kappa shape index (κ3) is 2.93. The fraction of sp³-hybridized carbons (Fsp3) is 0.364. The van der Waals surface area contributed by atoms with Crippen LogP contribution < -0.4 is 0 Å². The van der Waals surface area contributed by atoms with Crippen molar-refractivity contribution >= 4 is 5.91 Å². The van der Waals surface area contributed by atoms with E-state index in [4.69, 9.17) is 0 Å². The van der Waals surface area contributed by atoms with Crippen molar-refractivity contribution in [3.8, 4) is 17.2 Å². The normalized spacial score (nSPS) is 18.4. The van der Waals surface area contributed by atoms with Gasteiger partial charge in [0.2, 0.25) is 0 Å². The summed E-state index contributed by atoms with van der Waals surface area (Å²) in [5.41, 5.74) is 3.69. The van der Waals surface area contributed by atoms with E-state index in [0.29, 0.717) is 11.0 Å². The zero-order valence-corrected chi connectivity index (χ0v) is 14.4. The second-order valence-corrected chi connectivity index (χ2v) is 7.42. The summed E-state index contributed by atoms with van der Waals surface area (Å²) in [6.07, 6.45) is 6.34. The summed E-state index contributed by atoms with van der Waals surface area (Å²) in [5.74, 6) is 0.142. The highest BCUT2D eigenvalue weighted by molar-refractivity contribution is 5.95. The Balaban J connectivity index is 1.52. The molecule has 1 saturated heterocycles. The van der Waals surface area contributed by atoms with E-state index in [1.807, 2.05) is 53.4 Å². The van der Waals surface area contributed by atoms with Crippen LogP contribution in [0.15, 0.2) is 48.5 Å². The molecule has 3 nitrogen and oxygen atoms in total. The lowest BCUT2D eigenvalue weighted by molar-refractivity contribution is 0.0773. The Morgan fingerprint density at radius 1 is 1.00 bits per heavy atom. The predicted molar refractivity (Wildman–Crippen MR) is 98.0 cm³/mol. The van der Waals surface area contributed by atoms with Gasteiger partial charge in [0.1, 0.15) is 0 Å². The van der Waals surface area contributed by atoms with E-state index >= 15 is 0 Å². The molecule has 1 spiro atoms. The van der Waals surface area contributed by atoms with Gasteiger partial charge in [-0.05, 0) is 54.0 Å². The molecule has 3 heteroatoms. The number of carbonyl (C=O) groups is 1. The van der Waals surface area contributed by atoms with E-state index in [1.165, 1.54) is 25.7 Å². The fourth-order valence-corrected chi connectivity index (χ4v) is 4.45. The van der Waals surface area contributed by atoms with Gasteiger partial charge in [-0.15, -0.1) is 0 Å². The highest BCUT2D eigenvalue weighted by atomic mass is 16.2. The molecule has 126 valence electrons. The Morgan fingerprint density at radius 3 is 2.44 bits per heavy atom. The van der Waals surface area contributed by atoms with Gasteiger partial charge < -0.3 is 4.90 Å². The molecule has 1 amide bonds. The Bertz CT molecular complexity index is 826. The summed E-state index contributed by atoms with van der Waals surface area (Å²) in [6, 6.07) is 17.5. The molecule has 2 aliphatic rings. The number of benzene rings is 2. The molecule has 0 atom stereocenters. The maximum atomic E-state index is 12.8. The SMILES string of the molecule is N#Cc1ccccc1-c1ccc(C(=O)N2CCC3(CCCC3)C2)cc1. The summed E-state index contributed by atoms with van der Waals surface area (Å²) in [6.45, 7) is 1.81. The third-order valence-corrected chi connectivity index (χ3v) is 5.88. The van der Waals surface area contributed by atoms with Gasteiger partial charge in [-0.2, -0.15) is 5.26 Å². The number of nitriles is 1. The van der Waals surface area contributed by atoms with E-state index in [9.17, 15) is 10.1 Å². The van der Waals surface area contributed by atoms with E-state index in [-0.39, 0.29) is 5.91 Å². The van der Waals surface area contributed by atoms with Crippen molar-refractivity contribution in [1.82, 2.24) is 4.90 Å². The molecule has 1 heterocycles. The van der Waals surface area contributed by atoms with Gasteiger partial charge in [-0.3, -0.25) is 4.79 Å². The first-order valence-electron chi connectivity index (χ1n) is 9.10. The maximum Gasteiger partial charge on any atom is 0.253 e. The van der Waals surface area contributed by atoms with Gasteiger partial charge in [-0.1, -0.05) is 43.2 Å². The van der Waals surface area contributed by atoms with E-state index in [1.54, 1.807) is 0 Å².